The fourth-order valence-corrected chi connectivity index (χ4v) is 7.62. The van der Waals surface area contributed by atoms with Crippen molar-refractivity contribution in [3.05, 3.63) is 29.6 Å². The Hall–Kier alpha value is -1.15. The van der Waals surface area contributed by atoms with E-state index in [2.05, 4.69) is 9.88 Å². The maximum Gasteiger partial charge on any atom is 0.417 e. The highest BCUT2D eigenvalue weighted by Gasteiger charge is 2.46. The zero-order valence-corrected chi connectivity index (χ0v) is 16.7. The molecule has 4 nitrogen and oxygen atoms in total. The fraction of sp³-hybridized carbons (Fsp3) is 0.750. The lowest BCUT2D eigenvalue weighted by molar-refractivity contribution is -0.137. The molecule has 0 radical (unpaired) electrons. The molecule has 0 N–H and O–H groups in total. The van der Waals surface area contributed by atoms with Gasteiger partial charge >= 0.3 is 6.18 Å². The number of piperidine rings is 1. The molecule has 4 rings (SSSR count). The molecule has 28 heavy (non-hydrogen) atoms. The van der Waals surface area contributed by atoms with Crippen molar-refractivity contribution in [2.45, 2.75) is 63.1 Å². The molecule has 156 valence electrons. The molecule has 3 heterocycles. The number of pyridine rings is 1. The first-order chi connectivity index (χ1) is 13.2. The van der Waals surface area contributed by atoms with Crippen LogP contribution in [0.3, 0.4) is 0 Å². The number of halogens is 3. The van der Waals surface area contributed by atoms with Gasteiger partial charge in [-0.05, 0) is 69.0 Å². The number of hydrogen-bond acceptors (Lipinski definition) is 4. The Balaban J connectivity index is 1.35. The molecule has 1 aromatic heterocycles. The lowest BCUT2D eigenvalue weighted by Crippen LogP contribution is -2.49. The van der Waals surface area contributed by atoms with Crippen LogP contribution in [0.5, 0.6) is 0 Å². The van der Waals surface area contributed by atoms with E-state index in [1.54, 1.807) is 0 Å². The summed E-state index contributed by atoms with van der Waals surface area (Å²) in [7, 11) is -2.88. The van der Waals surface area contributed by atoms with Crippen molar-refractivity contribution < 1.29 is 21.6 Å². The number of rotatable bonds is 2. The van der Waals surface area contributed by atoms with Crippen molar-refractivity contribution >= 4 is 9.84 Å². The van der Waals surface area contributed by atoms with Crippen LogP contribution in [0.15, 0.2) is 18.3 Å². The van der Waals surface area contributed by atoms with E-state index in [1.165, 1.54) is 6.07 Å². The first-order valence-corrected chi connectivity index (χ1v) is 12.0. The second kappa shape index (κ2) is 7.27. The molecular formula is C20H27F3N2O2S. The summed E-state index contributed by atoms with van der Waals surface area (Å²) in [4.78, 5) is 6.57. The minimum absolute atomic E-state index is 0.0527. The smallest absolute Gasteiger partial charge is 0.300 e. The molecule has 3 fully saturated rings. The van der Waals surface area contributed by atoms with E-state index in [9.17, 15) is 21.6 Å². The van der Waals surface area contributed by atoms with Gasteiger partial charge in [-0.15, -0.1) is 0 Å². The number of hydrogen-bond donors (Lipinski definition) is 0. The second-order valence-electron chi connectivity index (χ2n) is 8.89. The van der Waals surface area contributed by atoms with Crippen molar-refractivity contribution in [3.63, 3.8) is 0 Å². The normalized spacial score (nSPS) is 34.0. The van der Waals surface area contributed by atoms with Gasteiger partial charge in [0.25, 0.3) is 0 Å². The highest BCUT2D eigenvalue weighted by molar-refractivity contribution is 7.91. The van der Waals surface area contributed by atoms with Gasteiger partial charge < -0.3 is 0 Å². The van der Waals surface area contributed by atoms with Crippen LogP contribution in [0.25, 0.3) is 0 Å². The Morgan fingerprint density at radius 3 is 2.43 bits per heavy atom. The average Bonchev–Trinajstić information content (AvgIpc) is 2.95. The van der Waals surface area contributed by atoms with Gasteiger partial charge in [0.1, 0.15) is 0 Å². The molecule has 0 unspecified atom stereocenters. The number of alkyl halides is 3. The summed E-state index contributed by atoms with van der Waals surface area (Å²) in [6, 6.07) is 3.10. The quantitative estimate of drug-likeness (QED) is 0.731. The van der Waals surface area contributed by atoms with E-state index in [0.717, 1.165) is 76.0 Å². The van der Waals surface area contributed by atoms with Gasteiger partial charge in [0.15, 0.2) is 9.84 Å². The third-order valence-electron chi connectivity index (χ3n) is 6.91. The number of likely N-dealkylation sites (tertiary alicyclic amines) is 1. The molecule has 0 aromatic carbocycles. The molecule has 3 aliphatic rings. The maximum atomic E-state index is 12.7. The van der Waals surface area contributed by atoms with Crippen LogP contribution in [0.2, 0.25) is 0 Å². The zero-order valence-electron chi connectivity index (χ0n) is 15.9. The largest absolute Gasteiger partial charge is 0.417 e. The Bertz CT molecular complexity index is 802. The topological polar surface area (TPSA) is 50.3 Å². The average molecular weight is 417 g/mol. The summed E-state index contributed by atoms with van der Waals surface area (Å²) in [6.45, 7) is 1.90. The van der Waals surface area contributed by atoms with E-state index < -0.39 is 21.6 Å². The third kappa shape index (κ3) is 4.22. The first-order valence-electron chi connectivity index (χ1n) is 10.1. The van der Waals surface area contributed by atoms with E-state index >= 15 is 0 Å². The van der Waals surface area contributed by atoms with Crippen molar-refractivity contribution in [1.82, 2.24) is 9.88 Å². The molecule has 2 aliphatic heterocycles. The molecule has 1 saturated carbocycles. The Morgan fingerprint density at radius 1 is 1.11 bits per heavy atom. The van der Waals surface area contributed by atoms with E-state index in [0.29, 0.717) is 17.5 Å². The summed E-state index contributed by atoms with van der Waals surface area (Å²) in [6.07, 6.45) is 3.28. The molecule has 8 heteroatoms. The summed E-state index contributed by atoms with van der Waals surface area (Å²) in [5.41, 5.74) is 0.00152. The van der Waals surface area contributed by atoms with Crippen molar-refractivity contribution in [3.8, 4) is 0 Å². The Kier molecular flexibility index (Phi) is 5.23. The third-order valence-corrected chi connectivity index (χ3v) is 8.78. The predicted molar refractivity (Wildman–Crippen MR) is 101 cm³/mol. The Morgan fingerprint density at radius 2 is 1.86 bits per heavy atom. The van der Waals surface area contributed by atoms with Crippen LogP contribution in [-0.2, 0) is 16.0 Å². The molecule has 0 amide bonds. The van der Waals surface area contributed by atoms with E-state index in [4.69, 9.17) is 0 Å². The van der Waals surface area contributed by atoms with Crippen LogP contribution in [0.1, 0.15) is 62.1 Å². The number of aromatic nitrogens is 1. The summed E-state index contributed by atoms with van der Waals surface area (Å²) < 4.78 is 62.1. The van der Waals surface area contributed by atoms with Gasteiger partial charge in [0.2, 0.25) is 0 Å². The lowest BCUT2D eigenvalue weighted by Gasteiger charge is -2.45. The predicted octanol–water partition coefficient (Wildman–Crippen LogP) is 4.03. The highest BCUT2D eigenvalue weighted by Crippen LogP contribution is 2.43. The second-order valence-corrected chi connectivity index (χ2v) is 11.1. The SMILES string of the molecule is O=S1(=O)CC[C@@]2(CCCN([C@H]3CC[C@H](c4ccc(C(F)(F)F)cn4)CC3)C2)C1. The van der Waals surface area contributed by atoms with Gasteiger partial charge in [0, 0.05) is 30.4 Å². The summed E-state index contributed by atoms with van der Waals surface area (Å²) in [5.74, 6) is 0.873. The molecule has 1 aromatic rings. The Labute approximate surface area is 164 Å². The van der Waals surface area contributed by atoms with Crippen LogP contribution >= 0.6 is 0 Å². The van der Waals surface area contributed by atoms with Gasteiger partial charge in [-0.25, -0.2) is 8.42 Å². The lowest BCUT2D eigenvalue weighted by atomic mass is 9.77. The van der Waals surface area contributed by atoms with Gasteiger partial charge in [-0.1, -0.05) is 0 Å². The molecular weight excluding hydrogens is 389 g/mol. The monoisotopic (exact) mass is 416 g/mol. The standard InChI is InChI=1S/C20H27F3N2O2S/c21-20(22,23)16-4-7-18(24-12-16)15-2-5-17(6-3-15)25-10-1-8-19(13-25)9-11-28(26,27)14-19/h4,7,12,15,17H,1-3,5-6,8-11,13-14H2/t15-,17-,19-/m1/s1. The van der Waals surface area contributed by atoms with Crippen LogP contribution < -0.4 is 0 Å². The van der Waals surface area contributed by atoms with E-state index in [-0.39, 0.29) is 11.3 Å². The van der Waals surface area contributed by atoms with Gasteiger partial charge in [0.05, 0.1) is 17.1 Å². The van der Waals surface area contributed by atoms with Crippen LogP contribution in [0, 0.1) is 5.41 Å². The van der Waals surface area contributed by atoms with Crippen molar-refractivity contribution in [1.29, 1.82) is 0 Å². The first kappa shape index (κ1) is 20.1. The van der Waals surface area contributed by atoms with Crippen LogP contribution in [-0.4, -0.2) is 48.9 Å². The van der Waals surface area contributed by atoms with Gasteiger partial charge in [-0.2, -0.15) is 13.2 Å². The zero-order chi connectivity index (χ0) is 20.0. The van der Waals surface area contributed by atoms with Crippen LogP contribution in [0.4, 0.5) is 13.2 Å². The van der Waals surface area contributed by atoms with Crippen molar-refractivity contribution in [2.75, 3.05) is 24.6 Å². The molecule has 0 bridgehead atoms. The van der Waals surface area contributed by atoms with E-state index in [1.807, 2.05) is 0 Å². The fourth-order valence-electron chi connectivity index (χ4n) is 5.41. The van der Waals surface area contributed by atoms with Gasteiger partial charge in [-0.3, -0.25) is 9.88 Å². The maximum absolute atomic E-state index is 12.7. The number of sulfone groups is 1. The van der Waals surface area contributed by atoms with Crippen molar-refractivity contribution in [2.24, 2.45) is 5.41 Å². The summed E-state index contributed by atoms with van der Waals surface area (Å²) in [5, 5.41) is 0. The summed E-state index contributed by atoms with van der Waals surface area (Å²) >= 11 is 0. The molecule has 2 saturated heterocycles. The minimum Gasteiger partial charge on any atom is -0.300 e. The number of nitrogens with zero attached hydrogens (tertiary/aromatic N) is 2. The molecule has 1 spiro atoms. The molecule has 1 aliphatic carbocycles. The minimum atomic E-state index is -4.35. The molecule has 1 atom stereocenters. The highest BCUT2D eigenvalue weighted by atomic mass is 32.2.